The Hall–Kier alpha value is -4.89. The Morgan fingerprint density at radius 2 is 1.90 bits per heavy atom. The fourth-order valence-corrected chi connectivity index (χ4v) is 6.80. The summed E-state index contributed by atoms with van der Waals surface area (Å²) in [6, 6.07) is 5.56. The lowest BCUT2D eigenvalue weighted by molar-refractivity contribution is -0.129. The van der Waals surface area contributed by atoms with Crippen LogP contribution in [0.1, 0.15) is 18.7 Å². The number of carbonyl (C=O) groups is 1. The first-order chi connectivity index (χ1) is 23.0. The van der Waals surface area contributed by atoms with E-state index in [4.69, 9.17) is 19.6 Å². The smallest absolute Gasteiger partial charge is 0.286 e. The van der Waals surface area contributed by atoms with Crippen LogP contribution in [-0.4, -0.2) is 63.4 Å². The van der Waals surface area contributed by atoms with E-state index in [9.17, 15) is 27.2 Å². The lowest BCUT2D eigenvalue weighted by Crippen LogP contribution is -2.40. The summed E-state index contributed by atoms with van der Waals surface area (Å²) in [4.78, 5) is 31.4. The highest BCUT2D eigenvalue weighted by Gasteiger charge is 2.31. The molecule has 0 unspecified atom stereocenters. The maximum absolute atomic E-state index is 16.0. The third-order valence-electron chi connectivity index (χ3n) is 8.03. The molecular weight excluding hydrogens is 657 g/mol. The van der Waals surface area contributed by atoms with Gasteiger partial charge in [0, 0.05) is 53.2 Å². The summed E-state index contributed by atoms with van der Waals surface area (Å²) in [6.45, 7) is 5.10. The summed E-state index contributed by atoms with van der Waals surface area (Å²) in [5.41, 5.74) is -0.0618. The van der Waals surface area contributed by atoms with Gasteiger partial charge in [-0.25, -0.2) is 26.9 Å². The summed E-state index contributed by atoms with van der Waals surface area (Å²) < 4.78 is 85.7. The molecule has 5 aromatic rings. The summed E-state index contributed by atoms with van der Waals surface area (Å²) in [5.74, 6) is -3.51. The van der Waals surface area contributed by atoms with Gasteiger partial charge in [0.25, 0.3) is 12.0 Å². The zero-order valence-corrected chi connectivity index (χ0v) is 26.5. The van der Waals surface area contributed by atoms with E-state index in [1.54, 1.807) is 27.1 Å². The largest absolute Gasteiger partial charge is 0.490 e. The van der Waals surface area contributed by atoms with Crippen molar-refractivity contribution in [1.82, 2.24) is 24.2 Å². The van der Waals surface area contributed by atoms with Crippen LogP contribution in [-0.2, 0) is 22.6 Å². The third-order valence-corrected chi connectivity index (χ3v) is 8.96. The number of pyridine rings is 2. The second-order valence-electron chi connectivity index (χ2n) is 11.0. The highest BCUT2D eigenvalue weighted by atomic mass is 32.1. The molecule has 4 aromatic heterocycles. The van der Waals surface area contributed by atoms with Crippen LogP contribution >= 0.6 is 11.3 Å². The number of thiophene rings is 1. The SMILES string of the molecule is C=CC(=O)N1CCn2nc(-c3nc(-c4cc(F)c(=O)n(CC(F)F)c4)c4ccsc4c3-c3c(F)cc(F)cc3OCCOC)cc2[C@H]1C. The van der Waals surface area contributed by atoms with E-state index >= 15 is 4.39 Å². The quantitative estimate of drug-likeness (QED) is 0.0954. The number of hydrogen-bond donors (Lipinski definition) is 0. The molecule has 9 nitrogen and oxygen atoms in total. The molecule has 1 aromatic carbocycles. The molecule has 1 atom stereocenters. The normalized spacial score (nSPS) is 14.5. The van der Waals surface area contributed by atoms with Crippen molar-refractivity contribution >= 4 is 27.3 Å². The number of hydrogen-bond acceptors (Lipinski definition) is 7. The Kier molecular flexibility index (Phi) is 9.16. The monoisotopic (exact) mass is 685 g/mol. The van der Waals surface area contributed by atoms with Crippen LogP contribution in [0.5, 0.6) is 5.75 Å². The van der Waals surface area contributed by atoms with Crippen LogP contribution in [0.15, 0.2) is 59.4 Å². The van der Waals surface area contributed by atoms with Crippen molar-refractivity contribution in [2.75, 3.05) is 26.9 Å². The first-order valence-corrected chi connectivity index (χ1v) is 15.6. The van der Waals surface area contributed by atoms with Crippen LogP contribution < -0.4 is 10.3 Å². The van der Waals surface area contributed by atoms with Crippen molar-refractivity contribution in [3.8, 4) is 39.5 Å². The molecule has 0 saturated carbocycles. The first-order valence-electron chi connectivity index (χ1n) is 14.7. The van der Waals surface area contributed by atoms with Gasteiger partial charge in [0.05, 0.1) is 42.7 Å². The highest BCUT2D eigenvalue weighted by molar-refractivity contribution is 7.18. The minimum absolute atomic E-state index is 0.0141. The van der Waals surface area contributed by atoms with Gasteiger partial charge >= 0.3 is 0 Å². The Morgan fingerprint density at radius 3 is 2.62 bits per heavy atom. The van der Waals surface area contributed by atoms with E-state index in [1.165, 1.54) is 24.5 Å². The minimum Gasteiger partial charge on any atom is -0.490 e. The lowest BCUT2D eigenvalue weighted by atomic mass is 9.96. The third kappa shape index (κ3) is 5.99. The molecular formula is C33H28F5N5O4S. The number of ether oxygens (including phenoxy) is 2. The molecule has 1 aliphatic heterocycles. The molecule has 1 aliphatic rings. The van der Waals surface area contributed by atoms with E-state index < -0.39 is 42.0 Å². The maximum Gasteiger partial charge on any atom is 0.286 e. The highest BCUT2D eigenvalue weighted by Crippen LogP contribution is 2.47. The summed E-state index contributed by atoms with van der Waals surface area (Å²) in [6.07, 6.45) is -0.624. The number of benzene rings is 1. The average Bonchev–Trinajstić information content (AvgIpc) is 3.71. The Balaban J connectivity index is 1.66. The fourth-order valence-electron chi connectivity index (χ4n) is 5.85. The van der Waals surface area contributed by atoms with Gasteiger partial charge in [0.1, 0.15) is 35.4 Å². The maximum atomic E-state index is 16.0. The van der Waals surface area contributed by atoms with Crippen LogP contribution in [0.25, 0.3) is 43.9 Å². The second kappa shape index (κ2) is 13.3. The number of rotatable bonds is 10. The number of halogens is 5. The number of fused-ring (bicyclic) bond motifs is 2. The van der Waals surface area contributed by atoms with Crippen molar-refractivity contribution in [3.63, 3.8) is 0 Å². The summed E-state index contributed by atoms with van der Waals surface area (Å²) >= 11 is 1.18. The molecule has 0 radical (unpaired) electrons. The van der Waals surface area contributed by atoms with Crippen molar-refractivity contribution in [1.29, 1.82) is 0 Å². The van der Waals surface area contributed by atoms with Gasteiger partial charge in [-0.3, -0.25) is 14.3 Å². The predicted molar refractivity (Wildman–Crippen MR) is 170 cm³/mol. The number of alkyl halides is 2. The second-order valence-corrected chi connectivity index (χ2v) is 11.9. The van der Waals surface area contributed by atoms with Crippen molar-refractivity contribution < 1.29 is 36.2 Å². The average molecular weight is 686 g/mol. The number of carbonyl (C=O) groups excluding carboxylic acids is 1. The molecule has 0 fully saturated rings. The summed E-state index contributed by atoms with van der Waals surface area (Å²) in [5, 5.41) is 6.82. The van der Waals surface area contributed by atoms with Gasteiger partial charge in [-0.1, -0.05) is 6.58 Å². The number of methoxy groups -OCH3 is 1. The van der Waals surface area contributed by atoms with Crippen LogP contribution in [0.3, 0.4) is 0 Å². The lowest BCUT2D eigenvalue weighted by Gasteiger charge is -2.33. The van der Waals surface area contributed by atoms with Gasteiger partial charge in [0.15, 0.2) is 5.82 Å². The molecule has 0 saturated heterocycles. The van der Waals surface area contributed by atoms with E-state index in [0.29, 0.717) is 39.5 Å². The standard InChI is InChI=1S/C33H28F5N5O4S/c1-4-27(44)42-6-7-43-24(17(42)2)14-23(40-43)31-29(28-21(35)12-19(34)13-25(28)47-9-8-46-3)32-20(5-10-48-32)30(39-31)18-11-22(36)33(45)41(15-18)16-26(37)38/h4-5,10-15,17,26H,1,6-9,16H2,2-3H3/t17-/m1/s1. The van der Waals surface area contributed by atoms with E-state index in [2.05, 4.69) is 6.58 Å². The van der Waals surface area contributed by atoms with Gasteiger partial charge in [-0.2, -0.15) is 5.10 Å². The topological polar surface area (TPSA) is 91.5 Å². The molecule has 0 spiro atoms. The van der Waals surface area contributed by atoms with Crippen LogP contribution in [0, 0.1) is 17.5 Å². The molecule has 5 heterocycles. The Morgan fingerprint density at radius 1 is 1.10 bits per heavy atom. The van der Waals surface area contributed by atoms with Gasteiger partial charge in [0.2, 0.25) is 5.91 Å². The molecule has 1 amide bonds. The molecule has 0 N–H and O–H groups in total. The first kappa shape index (κ1) is 33.0. The molecule has 6 rings (SSSR count). The number of amides is 1. The van der Waals surface area contributed by atoms with Crippen molar-refractivity contribution in [2.24, 2.45) is 0 Å². The van der Waals surface area contributed by atoms with E-state index in [1.807, 2.05) is 6.92 Å². The van der Waals surface area contributed by atoms with E-state index in [0.717, 1.165) is 18.3 Å². The summed E-state index contributed by atoms with van der Waals surface area (Å²) in [7, 11) is 1.45. The van der Waals surface area contributed by atoms with Gasteiger partial charge in [-0.05, 0) is 36.6 Å². The van der Waals surface area contributed by atoms with Crippen molar-refractivity contribution in [2.45, 2.75) is 32.5 Å². The number of nitrogens with zero attached hydrogens (tertiary/aromatic N) is 5. The predicted octanol–water partition coefficient (Wildman–Crippen LogP) is 6.45. The molecule has 15 heteroatoms. The van der Waals surface area contributed by atoms with Gasteiger partial charge in [-0.15, -0.1) is 11.3 Å². The number of aromatic nitrogens is 4. The Bertz CT molecular complexity index is 2110. The molecule has 48 heavy (non-hydrogen) atoms. The molecule has 0 bridgehead atoms. The van der Waals surface area contributed by atoms with E-state index in [-0.39, 0.29) is 58.6 Å². The zero-order valence-electron chi connectivity index (χ0n) is 25.7. The molecule has 0 aliphatic carbocycles. The van der Waals surface area contributed by atoms with Gasteiger partial charge < -0.3 is 18.9 Å². The molecule has 250 valence electrons. The van der Waals surface area contributed by atoms with Crippen LogP contribution in [0.2, 0.25) is 0 Å². The van der Waals surface area contributed by atoms with Crippen LogP contribution in [0.4, 0.5) is 22.0 Å². The zero-order chi connectivity index (χ0) is 34.3. The minimum atomic E-state index is -2.94. The fraction of sp³-hybridized carbons (Fsp3) is 0.273. The Labute approximate surface area is 274 Å². The van der Waals surface area contributed by atoms with Crippen molar-refractivity contribution in [3.05, 3.63) is 88.1 Å².